The van der Waals surface area contributed by atoms with Crippen LogP contribution in [0.3, 0.4) is 0 Å². The van der Waals surface area contributed by atoms with Gasteiger partial charge in [-0.2, -0.15) is 0 Å². The number of pyridine rings is 1. The van der Waals surface area contributed by atoms with Crippen molar-refractivity contribution in [1.82, 2.24) is 4.98 Å². The van der Waals surface area contributed by atoms with Crippen molar-refractivity contribution >= 4 is 26.7 Å². The van der Waals surface area contributed by atoms with Crippen molar-refractivity contribution in [1.29, 1.82) is 0 Å². The molecule has 0 radical (unpaired) electrons. The van der Waals surface area contributed by atoms with E-state index in [1.807, 2.05) is 49.4 Å². The minimum atomic E-state index is 0.566. The van der Waals surface area contributed by atoms with Crippen molar-refractivity contribution in [3.05, 3.63) is 58.7 Å². The molecule has 2 aromatic carbocycles. The van der Waals surface area contributed by atoms with Gasteiger partial charge < -0.3 is 9.47 Å². The van der Waals surface area contributed by atoms with E-state index in [0.29, 0.717) is 5.88 Å². The third-order valence-electron chi connectivity index (χ3n) is 3.24. The molecule has 0 bridgehead atoms. The molecule has 1 heterocycles. The Morgan fingerprint density at radius 1 is 1.00 bits per heavy atom. The molecule has 21 heavy (non-hydrogen) atoms. The Bertz CT molecular complexity index is 802. The highest BCUT2D eigenvalue weighted by atomic mass is 79.9. The predicted octanol–water partition coefficient (Wildman–Crippen LogP) is 5.11. The number of halogens is 1. The third-order valence-corrected chi connectivity index (χ3v) is 3.86. The van der Waals surface area contributed by atoms with Gasteiger partial charge in [0.25, 0.3) is 0 Å². The van der Waals surface area contributed by atoms with Crippen LogP contribution in [-0.4, -0.2) is 12.1 Å². The molecular formula is C17H14BrNO2. The fourth-order valence-corrected chi connectivity index (χ4v) is 2.78. The Kier molecular flexibility index (Phi) is 3.80. The van der Waals surface area contributed by atoms with Crippen LogP contribution in [0.25, 0.3) is 10.8 Å². The largest absolute Gasteiger partial charge is 0.496 e. The lowest BCUT2D eigenvalue weighted by Crippen LogP contribution is -1.92. The summed E-state index contributed by atoms with van der Waals surface area (Å²) in [6.07, 6.45) is 1.72. The molecule has 0 N–H and O–H groups in total. The summed E-state index contributed by atoms with van der Waals surface area (Å²) in [5.41, 5.74) is 1.17. The Hall–Kier alpha value is -2.07. The van der Waals surface area contributed by atoms with Crippen molar-refractivity contribution < 1.29 is 9.47 Å². The fourth-order valence-electron chi connectivity index (χ4n) is 2.20. The summed E-state index contributed by atoms with van der Waals surface area (Å²) in [6.45, 7) is 2.04. The lowest BCUT2D eigenvalue weighted by atomic mass is 10.1. The van der Waals surface area contributed by atoms with Gasteiger partial charge in [-0.25, -0.2) is 4.98 Å². The van der Waals surface area contributed by atoms with Crippen LogP contribution < -0.4 is 9.47 Å². The summed E-state index contributed by atoms with van der Waals surface area (Å²) in [7, 11) is 1.66. The van der Waals surface area contributed by atoms with E-state index in [1.165, 1.54) is 5.56 Å². The van der Waals surface area contributed by atoms with E-state index in [9.17, 15) is 0 Å². The van der Waals surface area contributed by atoms with E-state index < -0.39 is 0 Å². The van der Waals surface area contributed by atoms with Crippen molar-refractivity contribution in [2.75, 3.05) is 7.11 Å². The smallest absolute Gasteiger partial charge is 0.227 e. The van der Waals surface area contributed by atoms with E-state index in [-0.39, 0.29) is 0 Å². The Balaban J connectivity index is 2.08. The van der Waals surface area contributed by atoms with Crippen LogP contribution in [-0.2, 0) is 0 Å². The van der Waals surface area contributed by atoms with Crippen LogP contribution in [0.4, 0.5) is 0 Å². The summed E-state index contributed by atoms with van der Waals surface area (Å²) in [6, 6.07) is 13.7. The Labute approximate surface area is 131 Å². The number of hydrogen-bond acceptors (Lipinski definition) is 3. The minimum absolute atomic E-state index is 0.566. The molecule has 3 rings (SSSR count). The topological polar surface area (TPSA) is 31.4 Å². The number of ether oxygens (including phenoxy) is 2. The number of hydrogen-bond donors (Lipinski definition) is 0. The van der Waals surface area contributed by atoms with Crippen LogP contribution >= 0.6 is 15.9 Å². The van der Waals surface area contributed by atoms with Gasteiger partial charge in [0.15, 0.2) is 0 Å². The van der Waals surface area contributed by atoms with Crippen LogP contribution in [0.5, 0.6) is 17.4 Å². The second-order valence-electron chi connectivity index (χ2n) is 4.71. The molecule has 4 heteroatoms. The first-order valence-electron chi connectivity index (χ1n) is 6.55. The van der Waals surface area contributed by atoms with Gasteiger partial charge >= 0.3 is 0 Å². The van der Waals surface area contributed by atoms with Gasteiger partial charge in [-0.1, -0.05) is 12.1 Å². The number of aromatic nitrogens is 1. The highest BCUT2D eigenvalue weighted by molar-refractivity contribution is 9.10. The quantitative estimate of drug-likeness (QED) is 0.662. The first kappa shape index (κ1) is 13.9. The summed E-state index contributed by atoms with van der Waals surface area (Å²) in [4.78, 5) is 4.34. The van der Waals surface area contributed by atoms with E-state index in [2.05, 4.69) is 20.9 Å². The molecule has 0 unspecified atom stereocenters. The van der Waals surface area contributed by atoms with Gasteiger partial charge in [-0.15, -0.1) is 0 Å². The summed E-state index contributed by atoms with van der Waals surface area (Å²) in [5, 5.41) is 1.90. The zero-order valence-corrected chi connectivity index (χ0v) is 13.3. The van der Waals surface area contributed by atoms with E-state index in [0.717, 1.165) is 26.7 Å². The van der Waals surface area contributed by atoms with Gasteiger partial charge in [0.2, 0.25) is 5.88 Å². The van der Waals surface area contributed by atoms with E-state index in [1.54, 1.807) is 13.3 Å². The molecule has 0 spiro atoms. The van der Waals surface area contributed by atoms with Gasteiger partial charge in [-0.3, -0.25) is 0 Å². The number of fused-ring (bicyclic) bond motifs is 1. The van der Waals surface area contributed by atoms with Crippen LogP contribution in [0.1, 0.15) is 5.56 Å². The predicted molar refractivity (Wildman–Crippen MR) is 87.2 cm³/mol. The second kappa shape index (κ2) is 5.74. The maximum Gasteiger partial charge on any atom is 0.227 e. The Morgan fingerprint density at radius 3 is 2.62 bits per heavy atom. The number of rotatable bonds is 3. The molecule has 0 amide bonds. The van der Waals surface area contributed by atoms with Crippen molar-refractivity contribution in [2.24, 2.45) is 0 Å². The standard InChI is InChI=1S/C17H14BrNO2/c1-11-6-7-16(14(18)10-11)21-17-13-4-3-5-15(20-2)12(13)8-9-19-17/h3-10H,1-2H3. The monoisotopic (exact) mass is 343 g/mol. The van der Waals surface area contributed by atoms with E-state index >= 15 is 0 Å². The second-order valence-corrected chi connectivity index (χ2v) is 5.56. The average Bonchev–Trinajstić information content (AvgIpc) is 2.49. The average molecular weight is 344 g/mol. The molecule has 1 aromatic heterocycles. The molecule has 3 nitrogen and oxygen atoms in total. The fraction of sp³-hybridized carbons (Fsp3) is 0.118. The molecule has 0 atom stereocenters. The zero-order valence-electron chi connectivity index (χ0n) is 11.8. The first-order chi connectivity index (χ1) is 10.2. The summed E-state index contributed by atoms with van der Waals surface area (Å²) < 4.78 is 12.2. The van der Waals surface area contributed by atoms with Crippen molar-refractivity contribution in [3.8, 4) is 17.4 Å². The maximum atomic E-state index is 5.96. The number of benzene rings is 2. The first-order valence-corrected chi connectivity index (χ1v) is 7.34. The van der Waals surface area contributed by atoms with Gasteiger partial charge in [0.05, 0.1) is 11.6 Å². The molecule has 0 fully saturated rings. The van der Waals surface area contributed by atoms with Crippen molar-refractivity contribution in [3.63, 3.8) is 0 Å². The molecule has 0 saturated heterocycles. The summed E-state index contributed by atoms with van der Waals surface area (Å²) >= 11 is 3.52. The van der Waals surface area contributed by atoms with E-state index in [4.69, 9.17) is 9.47 Å². The molecule has 0 aliphatic heterocycles. The molecule has 3 aromatic rings. The van der Waals surface area contributed by atoms with Gasteiger partial charge in [0, 0.05) is 17.0 Å². The third kappa shape index (κ3) is 2.72. The zero-order chi connectivity index (χ0) is 14.8. The normalized spacial score (nSPS) is 10.6. The van der Waals surface area contributed by atoms with Crippen LogP contribution in [0.2, 0.25) is 0 Å². The van der Waals surface area contributed by atoms with Crippen molar-refractivity contribution in [2.45, 2.75) is 6.92 Å². The SMILES string of the molecule is COc1cccc2c(Oc3ccc(C)cc3Br)nccc12. The minimum Gasteiger partial charge on any atom is -0.496 e. The van der Waals surface area contributed by atoms with Gasteiger partial charge in [0.1, 0.15) is 11.5 Å². The molecule has 0 saturated carbocycles. The lowest BCUT2D eigenvalue weighted by molar-refractivity contribution is 0.419. The number of aryl methyl sites for hydroxylation is 1. The number of methoxy groups -OCH3 is 1. The molecular weight excluding hydrogens is 330 g/mol. The molecule has 0 aliphatic carbocycles. The van der Waals surface area contributed by atoms with Gasteiger partial charge in [-0.05, 0) is 58.7 Å². The molecule has 106 valence electrons. The lowest BCUT2D eigenvalue weighted by Gasteiger charge is -2.11. The maximum absolute atomic E-state index is 5.96. The highest BCUT2D eigenvalue weighted by Crippen LogP contribution is 2.35. The Morgan fingerprint density at radius 2 is 1.86 bits per heavy atom. The number of nitrogens with zero attached hydrogens (tertiary/aromatic N) is 1. The summed E-state index contributed by atoms with van der Waals surface area (Å²) in [5.74, 6) is 2.11. The highest BCUT2D eigenvalue weighted by Gasteiger charge is 2.10. The molecule has 0 aliphatic rings. The van der Waals surface area contributed by atoms with Crippen LogP contribution in [0, 0.1) is 6.92 Å². The van der Waals surface area contributed by atoms with Crippen LogP contribution in [0.15, 0.2) is 53.1 Å².